The lowest BCUT2D eigenvalue weighted by Gasteiger charge is -2.57. The number of fused-ring (bicyclic) bond motifs is 2. The number of hydrogen-bond donors (Lipinski definition) is 0. The van der Waals surface area contributed by atoms with Crippen molar-refractivity contribution in [2.75, 3.05) is 38.6 Å². The molecule has 0 bridgehead atoms. The second kappa shape index (κ2) is 5.15. The topological polar surface area (TPSA) is 32.3 Å². The summed E-state index contributed by atoms with van der Waals surface area (Å²) in [4.78, 5) is 16.6. The van der Waals surface area contributed by atoms with Crippen molar-refractivity contribution in [2.45, 2.75) is 34.1 Å². The molecule has 4 rings (SSSR count). The van der Waals surface area contributed by atoms with Crippen LogP contribution in [0.1, 0.15) is 30.7 Å². The van der Waals surface area contributed by atoms with Gasteiger partial charge in [-0.1, -0.05) is 13.8 Å². The summed E-state index contributed by atoms with van der Waals surface area (Å²) in [5.74, 6) is 1.91. The van der Waals surface area contributed by atoms with Crippen molar-refractivity contribution in [3.63, 3.8) is 0 Å². The van der Waals surface area contributed by atoms with Gasteiger partial charge >= 0.3 is 0 Å². The molecule has 2 aromatic heterocycles. The first-order valence-corrected chi connectivity index (χ1v) is 9.65. The van der Waals surface area contributed by atoms with Crippen LogP contribution in [0.2, 0.25) is 0 Å². The van der Waals surface area contributed by atoms with Crippen LogP contribution in [-0.4, -0.2) is 48.6 Å². The Hall–Kier alpha value is -1.20. The minimum Gasteiger partial charge on any atom is -0.355 e. The summed E-state index contributed by atoms with van der Waals surface area (Å²) in [6.07, 6.45) is 3.06. The molecule has 3 heterocycles. The molecule has 0 aromatic carbocycles. The predicted octanol–water partition coefficient (Wildman–Crippen LogP) is 3.72. The average Bonchev–Trinajstić information content (AvgIpc) is 2.94. The lowest BCUT2D eigenvalue weighted by Crippen LogP contribution is -2.57. The van der Waals surface area contributed by atoms with Crippen molar-refractivity contribution >= 4 is 27.4 Å². The molecule has 1 aliphatic carbocycles. The Balaban J connectivity index is 1.74. The van der Waals surface area contributed by atoms with E-state index in [0.717, 1.165) is 29.7 Å². The van der Waals surface area contributed by atoms with Gasteiger partial charge in [-0.25, -0.2) is 9.97 Å². The number of aromatic nitrogens is 2. The summed E-state index contributed by atoms with van der Waals surface area (Å²) >= 11 is 1.79. The van der Waals surface area contributed by atoms with E-state index < -0.39 is 0 Å². The van der Waals surface area contributed by atoms with Gasteiger partial charge in [-0.05, 0) is 51.3 Å². The molecule has 24 heavy (non-hydrogen) atoms. The van der Waals surface area contributed by atoms with Crippen molar-refractivity contribution in [3.05, 3.63) is 16.8 Å². The zero-order chi connectivity index (χ0) is 17.3. The molecule has 1 saturated carbocycles. The summed E-state index contributed by atoms with van der Waals surface area (Å²) in [7, 11) is 4.41. The molecule has 2 aliphatic rings. The third kappa shape index (κ3) is 2.21. The van der Waals surface area contributed by atoms with Gasteiger partial charge in [-0.3, -0.25) is 0 Å². The molecule has 0 unspecified atom stereocenters. The minimum atomic E-state index is 0.420. The number of rotatable bonds is 3. The number of anilines is 1. The maximum absolute atomic E-state index is 4.73. The van der Waals surface area contributed by atoms with Crippen LogP contribution in [0.5, 0.6) is 0 Å². The lowest BCUT2D eigenvalue weighted by molar-refractivity contribution is -0.0787. The van der Waals surface area contributed by atoms with Crippen LogP contribution in [0.4, 0.5) is 5.82 Å². The quantitative estimate of drug-likeness (QED) is 0.849. The fourth-order valence-corrected chi connectivity index (χ4v) is 6.53. The molecule has 0 N–H and O–H groups in total. The van der Waals surface area contributed by atoms with E-state index in [-0.39, 0.29) is 0 Å². The monoisotopic (exact) mass is 344 g/mol. The van der Waals surface area contributed by atoms with Crippen LogP contribution in [0.15, 0.2) is 6.33 Å². The Morgan fingerprint density at radius 1 is 1.29 bits per heavy atom. The molecule has 1 saturated heterocycles. The molecular weight excluding hydrogens is 316 g/mol. The smallest absolute Gasteiger partial charge is 0.141 e. The highest BCUT2D eigenvalue weighted by molar-refractivity contribution is 7.18. The molecule has 5 heteroatoms. The van der Waals surface area contributed by atoms with Crippen molar-refractivity contribution in [1.29, 1.82) is 0 Å². The van der Waals surface area contributed by atoms with E-state index in [2.05, 4.69) is 56.6 Å². The fourth-order valence-electron chi connectivity index (χ4n) is 5.53. The van der Waals surface area contributed by atoms with Crippen molar-refractivity contribution in [3.8, 4) is 0 Å². The van der Waals surface area contributed by atoms with Gasteiger partial charge < -0.3 is 9.80 Å². The molecule has 0 spiro atoms. The van der Waals surface area contributed by atoms with Gasteiger partial charge in [-0.2, -0.15) is 0 Å². The standard InChI is InChI=1S/C19H28N4S/c1-12-13(2)24-17-15(12)16(20-11-21-17)23-7-14-18(3,4)8-19(14,10-23)9-22(5)6/h11,14H,7-10H2,1-6H3/t14-,19+/m1/s1. The normalized spacial score (nSPS) is 28.5. The highest BCUT2D eigenvalue weighted by Crippen LogP contribution is 2.63. The van der Waals surface area contributed by atoms with Crippen molar-refractivity contribution in [2.24, 2.45) is 16.7 Å². The SMILES string of the molecule is Cc1sc2ncnc(N3C[C@@H]4C(C)(C)C[C@]4(CN(C)C)C3)c2c1C. The van der Waals surface area contributed by atoms with Gasteiger partial charge in [0.2, 0.25) is 0 Å². The van der Waals surface area contributed by atoms with Gasteiger partial charge in [0, 0.05) is 29.9 Å². The summed E-state index contributed by atoms with van der Waals surface area (Å²) in [6, 6.07) is 0. The van der Waals surface area contributed by atoms with Gasteiger partial charge in [0.05, 0.1) is 5.39 Å². The summed E-state index contributed by atoms with van der Waals surface area (Å²) < 4.78 is 0. The van der Waals surface area contributed by atoms with Gasteiger partial charge in [0.1, 0.15) is 17.0 Å². The zero-order valence-corrected chi connectivity index (χ0v) is 16.5. The Morgan fingerprint density at radius 2 is 2.04 bits per heavy atom. The number of nitrogens with zero attached hydrogens (tertiary/aromatic N) is 4. The number of aryl methyl sites for hydroxylation is 2. The second-order valence-corrected chi connectivity index (χ2v) is 10.1. The molecule has 130 valence electrons. The Kier molecular flexibility index (Phi) is 3.49. The predicted molar refractivity (Wildman–Crippen MR) is 102 cm³/mol. The number of hydrogen-bond acceptors (Lipinski definition) is 5. The minimum absolute atomic E-state index is 0.420. The Morgan fingerprint density at radius 3 is 2.71 bits per heavy atom. The van der Waals surface area contributed by atoms with E-state index in [1.807, 2.05) is 0 Å². The molecule has 2 fully saturated rings. The van der Waals surface area contributed by atoms with E-state index in [1.54, 1.807) is 17.7 Å². The van der Waals surface area contributed by atoms with Crippen LogP contribution in [0.25, 0.3) is 10.2 Å². The molecule has 2 atom stereocenters. The highest BCUT2D eigenvalue weighted by Gasteiger charge is 2.62. The molecule has 0 amide bonds. The van der Waals surface area contributed by atoms with Crippen LogP contribution < -0.4 is 4.90 Å². The maximum atomic E-state index is 4.73. The first-order chi connectivity index (χ1) is 11.2. The Labute approximate surface area is 148 Å². The molecule has 2 aromatic rings. The van der Waals surface area contributed by atoms with Gasteiger partial charge in [0.15, 0.2) is 0 Å². The van der Waals surface area contributed by atoms with Crippen molar-refractivity contribution < 1.29 is 0 Å². The van der Waals surface area contributed by atoms with Gasteiger partial charge in [0.25, 0.3) is 0 Å². The third-order valence-corrected chi connectivity index (χ3v) is 7.39. The third-order valence-electron chi connectivity index (χ3n) is 6.27. The highest BCUT2D eigenvalue weighted by atomic mass is 32.1. The molecule has 4 nitrogen and oxygen atoms in total. The van der Waals surface area contributed by atoms with Crippen LogP contribution in [0.3, 0.4) is 0 Å². The van der Waals surface area contributed by atoms with E-state index in [0.29, 0.717) is 10.8 Å². The molecular formula is C19H28N4S. The van der Waals surface area contributed by atoms with E-state index in [4.69, 9.17) is 4.98 Å². The van der Waals surface area contributed by atoms with Crippen LogP contribution in [-0.2, 0) is 0 Å². The number of thiophene rings is 1. The van der Waals surface area contributed by atoms with E-state index in [9.17, 15) is 0 Å². The first kappa shape index (κ1) is 16.3. The van der Waals surface area contributed by atoms with Crippen LogP contribution in [0, 0.1) is 30.6 Å². The fraction of sp³-hybridized carbons (Fsp3) is 0.684. The largest absolute Gasteiger partial charge is 0.355 e. The average molecular weight is 345 g/mol. The summed E-state index contributed by atoms with van der Waals surface area (Å²) in [5, 5.41) is 1.28. The lowest BCUT2D eigenvalue weighted by atomic mass is 9.48. The Bertz CT molecular complexity index is 790. The molecule has 0 radical (unpaired) electrons. The zero-order valence-electron chi connectivity index (χ0n) is 15.7. The maximum Gasteiger partial charge on any atom is 0.141 e. The van der Waals surface area contributed by atoms with Crippen LogP contribution >= 0.6 is 11.3 Å². The van der Waals surface area contributed by atoms with Crippen molar-refractivity contribution in [1.82, 2.24) is 14.9 Å². The summed E-state index contributed by atoms with van der Waals surface area (Å²) in [5.41, 5.74) is 2.21. The van der Waals surface area contributed by atoms with E-state index in [1.165, 1.54) is 28.8 Å². The first-order valence-electron chi connectivity index (χ1n) is 8.84. The van der Waals surface area contributed by atoms with E-state index >= 15 is 0 Å². The second-order valence-electron chi connectivity index (χ2n) is 8.86. The molecule has 1 aliphatic heterocycles. The van der Waals surface area contributed by atoms with Gasteiger partial charge in [-0.15, -0.1) is 11.3 Å². The summed E-state index contributed by atoms with van der Waals surface area (Å²) in [6.45, 7) is 12.7.